The summed E-state index contributed by atoms with van der Waals surface area (Å²) >= 11 is 1.69. The summed E-state index contributed by atoms with van der Waals surface area (Å²) in [5, 5.41) is 6.28. The predicted octanol–water partition coefficient (Wildman–Crippen LogP) is 3.48. The van der Waals surface area contributed by atoms with Gasteiger partial charge in [0, 0.05) is 10.6 Å². The van der Waals surface area contributed by atoms with Crippen LogP contribution in [-0.4, -0.2) is 49.8 Å². The van der Waals surface area contributed by atoms with E-state index in [1.54, 1.807) is 11.8 Å². The van der Waals surface area contributed by atoms with Crippen LogP contribution in [0.3, 0.4) is 0 Å². The van der Waals surface area contributed by atoms with Crippen LogP contribution in [0.2, 0.25) is 0 Å². The van der Waals surface area contributed by atoms with Crippen molar-refractivity contribution in [1.82, 2.24) is 10.2 Å². The van der Waals surface area contributed by atoms with Gasteiger partial charge in [0.25, 0.3) is 0 Å². The van der Waals surface area contributed by atoms with Crippen molar-refractivity contribution in [2.24, 2.45) is 5.92 Å². The number of nitrogens with one attached hydrogen (secondary N) is 2. The average molecular weight is 372 g/mol. The topological polar surface area (TPSA) is 44.4 Å². The van der Waals surface area contributed by atoms with Crippen LogP contribution in [-0.2, 0) is 4.79 Å². The maximum Gasteiger partial charge on any atom is 0.241 e. The number of carbonyl (C=O) groups is 1. The molecule has 1 aromatic rings. The predicted molar refractivity (Wildman–Crippen MR) is 106 cm³/mol. The van der Waals surface area contributed by atoms with Gasteiger partial charge in [-0.1, -0.05) is 6.07 Å². The Labute approximate surface area is 156 Å². The zero-order chi connectivity index (χ0) is 16.7. The van der Waals surface area contributed by atoms with E-state index in [1.807, 2.05) is 38.4 Å². The van der Waals surface area contributed by atoms with Crippen molar-refractivity contribution in [3.63, 3.8) is 0 Å². The summed E-state index contributed by atoms with van der Waals surface area (Å²) in [6, 6.07) is 7.95. The Balaban J connectivity index is 0.00000288. The van der Waals surface area contributed by atoms with E-state index in [0.29, 0.717) is 0 Å². The molecule has 2 rings (SSSR count). The highest BCUT2D eigenvalue weighted by atomic mass is 35.5. The Morgan fingerprint density at radius 1 is 1.38 bits per heavy atom. The third kappa shape index (κ3) is 6.28. The van der Waals surface area contributed by atoms with Crippen LogP contribution in [0.5, 0.6) is 0 Å². The van der Waals surface area contributed by atoms with Gasteiger partial charge in [-0.2, -0.15) is 0 Å². The minimum Gasteiger partial charge on any atom is -0.325 e. The number of anilines is 1. The number of amides is 1. The molecule has 6 heteroatoms. The molecule has 4 nitrogen and oxygen atoms in total. The van der Waals surface area contributed by atoms with E-state index in [4.69, 9.17) is 0 Å². The Morgan fingerprint density at radius 2 is 2.08 bits per heavy atom. The van der Waals surface area contributed by atoms with Crippen molar-refractivity contribution in [2.45, 2.75) is 37.1 Å². The van der Waals surface area contributed by atoms with Crippen LogP contribution in [0.4, 0.5) is 5.69 Å². The molecule has 1 aliphatic heterocycles. The lowest BCUT2D eigenvalue weighted by Gasteiger charge is -2.35. The first-order valence-electron chi connectivity index (χ1n) is 8.47. The first kappa shape index (κ1) is 21.3. The maximum atomic E-state index is 12.5. The SMILES string of the molecule is CNCCC1CCN(C(C)C(=O)Nc2cccc(SC)c2)CC1.Cl. The van der Waals surface area contributed by atoms with Crippen LogP contribution in [0.25, 0.3) is 0 Å². The largest absolute Gasteiger partial charge is 0.325 e. The number of piperidine rings is 1. The summed E-state index contributed by atoms with van der Waals surface area (Å²) < 4.78 is 0. The van der Waals surface area contributed by atoms with Crippen LogP contribution in [0, 0.1) is 5.92 Å². The van der Waals surface area contributed by atoms with Crippen LogP contribution in [0.1, 0.15) is 26.2 Å². The minimum atomic E-state index is -0.0711. The molecule has 0 aromatic heterocycles. The summed E-state index contributed by atoms with van der Waals surface area (Å²) in [6.45, 7) is 5.15. The van der Waals surface area contributed by atoms with Gasteiger partial charge in [-0.25, -0.2) is 0 Å². The summed E-state index contributed by atoms with van der Waals surface area (Å²) in [6.07, 6.45) is 5.68. The number of nitrogens with zero attached hydrogens (tertiary/aromatic N) is 1. The van der Waals surface area contributed by atoms with E-state index in [1.165, 1.54) is 24.2 Å². The number of rotatable bonds is 7. The number of halogens is 1. The first-order chi connectivity index (χ1) is 11.1. The number of thioether (sulfide) groups is 1. The Morgan fingerprint density at radius 3 is 2.71 bits per heavy atom. The van der Waals surface area contributed by atoms with Crippen LogP contribution in [0.15, 0.2) is 29.2 Å². The van der Waals surface area contributed by atoms with Gasteiger partial charge in [0.05, 0.1) is 6.04 Å². The molecule has 1 aliphatic rings. The van der Waals surface area contributed by atoms with E-state index in [0.717, 1.165) is 31.2 Å². The van der Waals surface area contributed by atoms with Gasteiger partial charge in [-0.05, 0) is 83.2 Å². The molecule has 2 N–H and O–H groups in total. The van der Waals surface area contributed by atoms with Crippen molar-refractivity contribution in [1.29, 1.82) is 0 Å². The molecule has 1 fully saturated rings. The molecular formula is C18H30ClN3OS. The fraction of sp³-hybridized carbons (Fsp3) is 0.611. The third-order valence-corrected chi connectivity index (χ3v) is 5.44. The monoisotopic (exact) mass is 371 g/mol. The zero-order valence-electron chi connectivity index (χ0n) is 14.9. The maximum absolute atomic E-state index is 12.5. The first-order valence-corrected chi connectivity index (χ1v) is 9.70. The van der Waals surface area contributed by atoms with Gasteiger partial charge < -0.3 is 10.6 Å². The van der Waals surface area contributed by atoms with E-state index in [-0.39, 0.29) is 24.4 Å². The molecule has 0 bridgehead atoms. The molecule has 1 atom stereocenters. The molecule has 1 saturated heterocycles. The molecule has 1 heterocycles. The molecule has 1 amide bonds. The highest BCUT2D eigenvalue weighted by molar-refractivity contribution is 7.98. The summed E-state index contributed by atoms with van der Waals surface area (Å²) in [5.74, 6) is 0.893. The fourth-order valence-electron chi connectivity index (χ4n) is 3.09. The summed E-state index contributed by atoms with van der Waals surface area (Å²) in [7, 11) is 2.01. The Hall–Kier alpha value is -0.750. The molecule has 0 saturated carbocycles. The van der Waals surface area contributed by atoms with Crippen molar-refractivity contribution in [3.8, 4) is 0 Å². The fourth-order valence-corrected chi connectivity index (χ4v) is 3.55. The molecule has 0 radical (unpaired) electrons. The van der Waals surface area contributed by atoms with E-state index >= 15 is 0 Å². The molecule has 0 aliphatic carbocycles. The second kappa shape index (κ2) is 11.0. The van der Waals surface area contributed by atoms with Gasteiger partial charge in [0.15, 0.2) is 0 Å². The number of hydrogen-bond acceptors (Lipinski definition) is 4. The molecular weight excluding hydrogens is 342 g/mol. The normalized spacial score (nSPS) is 17.1. The lowest BCUT2D eigenvalue weighted by atomic mass is 9.93. The van der Waals surface area contributed by atoms with Crippen LogP contribution >= 0.6 is 24.2 Å². The Bertz CT molecular complexity index is 507. The lowest BCUT2D eigenvalue weighted by Crippen LogP contribution is -2.46. The number of likely N-dealkylation sites (tertiary alicyclic amines) is 1. The highest BCUT2D eigenvalue weighted by Crippen LogP contribution is 2.23. The molecule has 1 aromatic carbocycles. The van der Waals surface area contributed by atoms with Crippen LogP contribution < -0.4 is 10.6 Å². The van der Waals surface area contributed by atoms with Gasteiger partial charge >= 0.3 is 0 Å². The molecule has 1 unspecified atom stereocenters. The third-order valence-electron chi connectivity index (χ3n) is 4.72. The molecule has 136 valence electrons. The number of hydrogen-bond donors (Lipinski definition) is 2. The molecule has 24 heavy (non-hydrogen) atoms. The molecule has 0 spiro atoms. The van der Waals surface area contributed by atoms with Gasteiger partial charge in [0.2, 0.25) is 5.91 Å². The van der Waals surface area contributed by atoms with Gasteiger partial charge in [-0.3, -0.25) is 9.69 Å². The smallest absolute Gasteiger partial charge is 0.241 e. The summed E-state index contributed by atoms with van der Waals surface area (Å²) in [5.41, 5.74) is 0.887. The van der Waals surface area contributed by atoms with Gasteiger partial charge in [0.1, 0.15) is 0 Å². The summed E-state index contributed by atoms with van der Waals surface area (Å²) in [4.78, 5) is 16.0. The van der Waals surface area contributed by atoms with E-state index in [9.17, 15) is 4.79 Å². The average Bonchev–Trinajstić information content (AvgIpc) is 2.60. The van der Waals surface area contributed by atoms with Crippen molar-refractivity contribution >= 4 is 35.8 Å². The second-order valence-electron chi connectivity index (χ2n) is 6.27. The van der Waals surface area contributed by atoms with Crippen molar-refractivity contribution in [2.75, 3.05) is 38.3 Å². The number of benzene rings is 1. The highest BCUT2D eigenvalue weighted by Gasteiger charge is 2.26. The lowest BCUT2D eigenvalue weighted by molar-refractivity contribution is -0.121. The standard InChI is InChI=1S/C18H29N3OS.ClH/c1-14(21-11-8-15(9-12-21)7-10-19-2)18(22)20-16-5-4-6-17(13-16)23-3;/h4-6,13-15,19H,7-12H2,1-3H3,(H,20,22);1H. The van der Waals surface area contributed by atoms with Crippen molar-refractivity contribution < 1.29 is 4.79 Å². The van der Waals surface area contributed by atoms with E-state index in [2.05, 4.69) is 21.6 Å². The van der Waals surface area contributed by atoms with Crippen molar-refractivity contribution in [3.05, 3.63) is 24.3 Å². The van der Waals surface area contributed by atoms with Gasteiger partial charge in [-0.15, -0.1) is 24.2 Å². The minimum absolute atomic E-state index is 0. The quantitative estimate of drug-likeness (QED) is 0.720. The van der Waals surface area contributed by atoms with E-state index < -0.39 is 0 Å². The Kier molecular flexibility index (Phi) is 9.74. The zero-order valence-corrected chi connectivity index (χ0v) is 16.5. The second-order valence-corrected chi connectivity index (χ2v) is 7.15. The number of carbonyl (C=O) groups excluding carboxylic acids is 1.